The summed E-state index contributed by atoms with van der Waals surface area (Å²) in [5.74, 6) is 0. The Morgan fingerprint density at radius 2 is 1.83 bits per heavy atom. The molecule has 3 heteroatoms. The van der Waals surface area contributed by atoms with Crippen molar-refractivity contribution in [2.75, 3.05) is 40.9 Å². The van der Waals surface area contributed by atoms with Crippen LogP contribution in [-0.2, 0) is 11.2 Å². The summed E-state index contributed by atoms with van der Waals surface area (Å²) < 4.78 is 6.74. The molecule has 0 bridgehead atoms. The predicted molar refractivity (Wildman–Crippen MR) is 80.2 cm³/mol. The highest BCUT2D eigenvalue weighted by Gasteiger charge is 2.04. The molecule has 0 aliphatic carbocycles. The minimum Gasteiger partial charge on any atom is -0.381 e. The molecule has 0 spiro atoms. The number of ether oxygens (including phenoxy) is 1. The number of nitrogens with zero attached hydrogens (tertiary/aromatic N) is 1. The van der Waals surface area contributed by atoms with E-state index in [9.17, 15) is 0 Å². The van der Waals surface area contributed by atoms with Gasteiger partial charge < -0.3 is 9.22 Å². The van der Waals surface area contributed by atoms with Crippen molar-refractivity contribution in [1.82, 2.24) is 0 Å². The number of rotatable bonds is 10. The molecule has 2 nitrogen and oxygen atoms in total. The normalized spacial score (nSPS) is 11.9. The first kappa shape index (κ1) is 15.7. The summed E-state index contributed by atoms with van der Waals surface area (Å²) in [7, 11) is 6.77. The van der Waals surface area contributed by atoms with Crippen LogP contribution in [0.4, 0.5) is 0 Å². The molecule has 104 valence electrons. The Morgan fingerprint density at radius 1 is 1.06 bits per heavy atom. The van der Waals surface area contributed by atoms with Crippen molar-refractivity contribution < 1.29 is 9.22 Å². The van der Waals surface area contributed by atoms with Crippen molar-refractivity contribution in [3.05, 3.63) is 22.4 Å². The van der Waals surface area contributed by atoms with E-state index < -0.39 is 0 Å². The van der Waals surface area contributed by atoms with E-state index in [1.807, 2.05) is 0 Å². The van der Waals surface area contributed by atoms with E-state index in [0.717, 1.165) is 24.1 Å². The fraction of sp³-hybridized carbons (Fsp3) is 0.733. The van der Waals surface area contributed by atoms with Crippen molar-refractivity contribution in [1.29, 1.82) is 0 Å². The summed E-state index contributed by atoms with van der Waals surface area (Å²) in [6, 6.07) is 2.18. The number of unbranched alkanes of at least 4 members (excludes halogenated alkanes) is 3. The predicted octanol–water partition coefficient (Wildman–Crippen LogP) is 3.57. The summed E-state index contributed by atoms with van der Waals surface area (Å²) in [4.78, 5) is 0. The Kier molecular flexibility index (Phi) is 7.56. The van der Waals surface area contributed by atoms with Gasteiger partial charge in [0.25, 0.3) is 0 Å². The van der Waals surface area contributed by atoms with E-state index in [2.05, 4.69) is 38.0 Å². The van der Waals surface area contributed by atoms with E-state index in [0.29, 0.717) is 0 Å². The van der Waals surface area contributed by atoms with Gasteiger partial charge in [-0.3, -0.25) is 0 Å². The average molecular weight is 270 g/mol. The second-order valence-electron chi connectivity index (χ2n) is 5.92. The molecular weight excluding hydrogens is 242 g/mol. The highest BCUT2D eigenvalue weighted by atomic mass is 32.1. The Balaban J connectivity index is 1.82. The molecule has 1 rings (SSSR count). The average Bonchev–Trinajstić information content (AvgIpc) is 2.78. The molecule has 0 saturated heterocycles. The van der Waals surface area contributed by atoms with Crippen molar-refractivity contribution in [2.45, 2.75) is 32.1 Å². The Bertz CT molecular complexity index is 290. The molecule has 0 fully saturated rings. The van der Waals surface area contributed by atoms with Crippen LogP contribution in [0, 0.1) is 0 Å². The monoisotopic (exact) mass is 270 g/mol. The largest absolute Gasteiger partial charge is 0.381 e. The van der Waals surface area contributed by atoms with Crippen LogP contribution in [0.15, 0.2) is 16.8 Å². The topological polar surface area (TPSA) is 9.23 Å². The Hall–Kier alpha value is -0.380. The van der Waals surface area contributed by atoms with Crippen LogP contribution in [0.25, 0.3) is 0 Å². The molecule has 1 aromatic rings. The standard InChI is InChI=1S/C15H28NOS/c1-16(2,3)10-6-4-5-7-11-17-12-8-15-9-13-18-14-15/h9,13-14H,4-8,10-12H2,1-3H3/q+1. The molecule has 0 N–H and O–H groups in total. The first-order chi connectivity index (χ1) is 8.58. The fourth-order valence-corrected chi connectivity index (χ4v) is 2.57. The van der Waals surface area contributed by atoms with Crippen molar-refractivity contribution in [2.24, 2.45) is 0 Å². The van der Waals surface area contributed by atoms with E-state index in [4.69, 9.17) is 4.74 Å². The van der Waals surface area contributed by atoms with Gasteiger partial charge >= 0.3 is 0 Å². The minimum absolute atomic E-state index is 0.871. The van der Waals surface area contributed by atoms with E-state index in [1.165, 1.54) is 37.8 Å². The molecule has 0 unspecified atom stereocenters. The van der Waals surface area contributed by atoms with Gasteiger partial charge in [0.15, 0.2) is 0 Å². The van der Waals surface area contributed by atoms with Crippen LogP contribution >= 0.6 is 11.3 Å². The van der Waals surface area contributed by atoms with Gasteiger partial charge in [0, 0.05) is 6.61 Å². The minimum atomic E-state index is 0.871. The number of hydrogen-bond donors (Lipinski definition) is 0. The van der Waals surface area contributed by atoms with Crippen LogP contribution in [0.2, 0.25) is 0 Å². The molecule has 0 radical (unpaired) electrons. The number of hydrogen-bond acceptors (Lipinski definition) is 2. The van der Waals surface area contributed by atoms with Crippen LogP contribution in [0.3, 0.4) is 0 Å². The maximum atomic E-state index is 5.66. The molecule has 0 aliphatic heterocycles. The smallest absolute Gasteiger partial charge is 0.0780 e. The second-order valence-corrected chi connectivity index (χ2v) is 6.70. The summed E-state index contributed by atoms with van der Waals surface area (Å²) in [5.41, 5.74) is 1.41. The first-order valence-electron chi connectivity index (χ1n) is 6.97. The van der Waals surface area contributed by atoms with E-state index >= 15 is 0 Å². The van der Waals surface area contributed by atoms with Crippen LogP contribution < -0.4 is 0 Å². The molecule has 0 aromatic carbocycles. The zero-order valence-electron chi connectivity index (χ0n) is 12.2. The molecule has 0 aliphatic rings. The molecule has 18 heavy (non-hydrogen) atoms. The molecule has 0 saturated carbocycles. The summed E-state index contributed by atoms with van der Waals surface area (Å²) in [5, 5.41) is 4.33. The van der Waals surface area contributed by atoms with Gasteiger partial charge in [0.2, 0.25) is 0 Å². The zero-order chi connectivity index (χ0) is 13.3. The first-order valence-corrected chi connectivity index (χ1v) is 7.91. The molecule has 0 amide bonds. The van der Waals surface area contributed by atoms with Crippen LogP contribution in [-0.4, -0.2) is 45.4 Å². The fourth-order valence-electron chi connectivity index (χ4n) is 1.87. The highest BCUT2D eigenvalue weighted by Crippen LogP contribution is 2.07. The third kappa shape index (κ3) is 8.67. The SMILES string of the molecule is C[N+](C)(C)CCCCCCOCCc1ccsc1. The zero-order valence-corrected chi connectivity index (χ0v) is 13.0. The van der Waals surface area contributed by atoms with Crippen molar-refractivity contribution in [3.8, 4) is 0 Å². The maximum absolute atomic E-state index is 5.66. The van der Waals surface area contributed by atoms with Gasteiger partial charge in [-0.2, -0.15) is 11.3 Å². The van der Waals surface area contributed by atoms with Gasteiger partial charge in [0.05, 0.1) is 34.3 Å². The Labute approximate surface area is 116 Å². The quantitative estimate of drug-likeness (QED) is 0.466. The second kappa shape index (κ2) is 8.68. The lowest BCUT2D eigenvalue weighted by Gasteiger charge is -2.23. The van der Waals surface area contributed by atoms with Gasteiger partial charge in [0.1, 0.15) is 0 Å². The molecule has 1 aromatic heterocycles. The Morgan fingerprint density at radius 3 is 2.50 bits per heavy atom. The van der Waals surface area contributed by atoms with Crippen LogP contribution in [0.5, 0.6) is 0 Å². The maximum Gasteiger partial charge on any atom is 0.0780 e. The molecule has 1 heterocycles. The summed E-state index contributed by atoms with van der Waals surface area (Å²) >= 11 is 1.76. The lowest BCUT2D eigenvalue weighted by Crippen LogP contribution is -2.35. The van der Waals surface area contributed by atoms with E-state index in [-0.39, 0.29) is 0 Å². The lowest BCUT2D eigenvalue weighted by molar-refractivity contribution is -0.870. The van der Waals surface area contributed by atoms with Crippen molar-refractivity contribution in [3.63, 3.8) is 0 Å². The molecule has 0 atom stereocenters. The molecular formula is C15H28NOS+. The third-order valence-corrected chi connectivity index (χ3v) is 3.71. The van der Waals surface area contributed by atoms with Crippen LogP contribution in [0.1, 0.15) is 31.2 Å². The van der Waals surface area contributed by atoms with Gasteiger partial charge in [-0.05, 0) is 48.1 Å². The van der Waals surface area contributed by atoms with Gasteiger partial charge in [-0.25, -0.2) is 0 Å². The number of quaternary nitrogens is 1. The van der Waals surface area contributed by atoms with Gasteiger partial charge in [-0.1, -0.05) is 6.42 Å². The lowest BCUT2D eigenvalue weighted by atomic mass is 10.2. The summed E-state index contributed by atoms with van der Waals surface area (Å²) in [6.07, 6.45) is 6.24. The number of thiophene rings is 1. The highest BCUT2D eigenvalue weighted by molar-refractivity contribution is 7.07. The van der Waals surface area contributed by atoms with Gasteiger partial charge in [-0.15, -0.1) is 0 Å². The van der Waals surface area contributed by atoms with E-state index in [1.54, 1.807) is 11.3 Å². The van der Waals surface area contributed by atoms with Crippen molar-refractivity contribution >= 4 is 11.3 Å². The third-order valence-electron chi connectivity index (χ3n) is 2.98. The summed E-state index contributed by atoms with van der Waals surface area (Å²) in [6.45, 7) is 3.07.